The van der Waals surface area contributed by atoms with E-state index in [2.05, 4.69) is 5.32 Å². The molecule has 1 aliphatic rings. The van der Waals surface area contributed by atoms with Crippen LogP contribution in [-0.2, 0) is 4.79 Å². The van der Waals surface area contributed by atoms with Crippen LogP contribution in [-0.4, -0.2) is 38.3 Å². The number of benzene rings is 1. The fourth-order valence-corrected chi connectivity index (χ4v) is 1.99. The first-order chi connectivity index (χ1) is 8.63. The summed E-state index contributed by atoms with van der Waals surface area (Å²) in [6.07, 6.45) is -0.216. The fourth-order valence-electron chi connectivity index (χ4n) is 1.99. The van der Waals surface area contributed by atoms with Gasteiger partial charge < -0.3 is 20.1 Å². The molecule has 1 amide bonds. The van der Waals surface area contributed by atoms with E-state index < -0.39 is 6.10 Å². The summed E-state index contributed by atoms with van der Waals surface area (Å²) in [4.78, 5) is 13.3. The fraction of sp³-hybridized carbons (Fsp3) is 0.462. The smallest absolute Gasteiger partial charge is 0.230 e. The molecule has 0 spiro atoms. The molecule has 1 heterocycles. The molecule has 0 aromatic heterocycles. The molecule has 0 radical (unpaired) electrons. The van der Waals surface area contributed by atoms with Gasteiger partial charge >= 0.3 is 0 Å². The summed E-state index contributed by atoms with van der Waals surface area (Å²) < 4.78 is 5.52. The number of aliphatic hydroxyl groups is 1. The molecule has 98 valence electrons. The molecule has 1 atom stereocenters. The molecule has 0 fully saturated rings. The van der Waals surface area contributed by atoms with E-state index in [1.807, 2.05) is 6.07 Å². The minimum Gasteiger partial charge on any atom is -0.491 e. The molecular formula is C13H18N2O3. The number of carbonyl (C=O) groups excluding carboxylic acids is 1. The summed E-state index contributed by atoms with van der Waals surface area (Å²) in [7, 11) is 3.51. The average molecular weight is 250 g/mol. The minimum absolute atomic E-state index is 0.0222. The van der Waals surface area contributed by atoms with Crippen LogP contribution in [0.25, 0.3) is 0 Å². The molecule has 0 saturated carbocycles. The molecule has 1 aromatic rings. The molecule has 1 aliphatic heterocycles. The maximum Gasteiger partial charge on any atom is 0.230 e. The molecule has 1 unspecified atom stereocenters. The number of nitrogens with zero attached hydrogens (tertiary/aromatic N) is 1. The second-order valence-electron chi connectivity index (χ2n) is 4.35. The van der Waals surface area contributed by atoms with Gasteiger partial charge in [0.15, 0.2) is 0 Å². The largest absolute Gasteiger partial charge is 0.491 e. The highest BCUT2D eigenvalue weighted by Crippen LogP contribution is 2.33. The first-order valence-corrected chi connectivity index (χ1v) is 5.99. The Hall–Kier alpha value is -1.59. The quantitative estimate of drug-likeness (QED) is 0.828. The van der Waals surface area contributed by atoms with Gasteiger partial charge in [0.05, 0.1) is 24.8 Å². The Labute approximate surface area is 106 Å². The molecule has 2 N–H and O–H groups in total. The van der Waals surface area contributed by atoms with Crippen molar-refractivity contribution in [3.8, 4) is 5.75 Å². The zero-order chi connectivity index (χ0) is 13.1. The molecule has 0 bridgehead atoms. The molecule has 0 aliphatic carbocycles. The summed E-state index contributed by atoms with van der Waals surface area (Å²) in [6, 6.07) is 5.43. The lowest BCUT2D eigenvalue weighted by Crippen LogP contribution is -2.25. The molecule has 18 heavy (non-hydrogen) atoms. The summed E-state index contributed by atoms with van der Waals surface area (Å²) in [5.74, 6) is 0.706. The Morgan fingerprint density at radius 1 is 1.56 bits per heavy atom. The molecule has 5 heteroatoms. The van der Waals surface area contributed by atoms with Crippen molar-refractivity contribution < 1.29 is 14.6 Å². The number of ether oxygens (including phenoxy) is 1. The van der Waals surface area contributed by atoms with Gasteiger partial charge in [0.25, 0.3) is 0 Å². The molecule has 1 aromatic carbocycles. The van der Waals surface area contributed by atoms with Gasteiger partial charge in [-0.05, 0) is 24.7 Å². The van der Waals surface area contributed by atoms with E-state index in [4.69, 9.17) is 4.74 Å². The lowest BCUT2D eigenvalue weighted by molar-refractivity contribution is -0.118. The van der Waals surface area contributed by atoms with Crippen molar-refractivity contribution in [1.29, 1.82) is 0 Å². The van der Waals surface area contributed by atoms with Gasteiger partial charge in [-0.15, -0.1) is 0 Å². The topological polar surface area (TPSA) is 61.8 Å². The van der Waals surface area contributed by atoms with Crippen LogP contribution in [0.3, 0.4) is 0 Å². The van der Waals surface area contributed by atoms with E-state index >= 15 is 0 Å². The zero-order valence-electron chi connectivity index (χ0n) is 10.6. The molecular weight excluding hydrogens is 232 g/mol. The van der Waals surface area contributed by atoms with Crippen molar-refractivity contribution >= 4 is 11.6 Å². The van der Waals surface area contributed by atoms with Gasteiger partial charge in [0, 0.05) is 13.6 Å². The normalized spacial score (nSPS) is 16.8. The van der Waals surface area contributed by atoms with Crippen molar-refractivity contribution in [2.75, 3.05) is 32.1 Å². The molecule has 5 nitrogen and oxygen atoms in total. The number of carbonyl (C=O) groups is 1. The van der Waals surface area contributed by atoms with E-state index in [9.17, 15) is 9.90 Å². The van der Waals surface area contributed by atoms with Gasteiger partial charge in [-0.1, -0.05) is 6.07 Å². The van der Waals surface area contributed by atoms with Gasteiger partial charge in [-0.3, -0.25) is 4.79 Å². The average Bonchev–Trinajstić information content (AvgIpc) is 2.50. The minimum atomic E-state index is -0.591. The predicted octanol–water partition coefficient (Wildman–Crippen LogP) is 0.685. The number of likely N-dealkylation sites (N-methyl/N-ethyl adjacent to an activating group) is 1. The summed E-state index contributed by atoms with van der Waals surface area (Å²) in [5, 5.41) is 12.9. The predicted molar refractivity (Wildman–Crippen MR) is 68.9 cm³/mol. The number of amides is 1. The Morgan fingerprint density at radius 2 is 2.33 bits per heavy atom. The van der Waals surface area contributed by atoms with Crippen LogP contribution in [0.2, 0.25) is 0 Å². The Bertz CT molecular complexity index is 448. The number of aliphatic hydroxyl groups excluding tert-OH is 1. The van der Waals surface area contributed by atoms with Crippen molar-refractivity contribution in [3.05, 3.63) is 23.8 Å². The van der Waals surface area contributed by atoms with Crippen LogP contribution in [0.4, 0.5) is 5.69 Å². The van der Waals surface area contributed by atoms with Crippen LogP contribution >= 0.6 is 0 Å². The van der Waals surface area contributed by atoms with Crippen LogP contribution in [0.1, 0.15) is 18.1 Å². The second kappa shape index (κ2) is 5.37. The van der Waals surface area contributed by atoms with Crippen LogP contribution in [0.15, 0.2) is 18.2 Å². The van der Waals surface area contributed by atoms with E-state index in [1.54, 1.807) is 31.1 Å². The molecule has 2 rings (SSSR count). The number of hydrogen-bond acceptors (Lipinski definition) is 4. The third-order valence-electron chi connectivity index (χ3n) is 3.07. The van der Waals surface area contributed by atoms with Crippen LogP contribution in [0.5, 0.6) is 5.75 Å². The van der Waals surface area contributed by atoms with Gasteiger partial charge in [-0.25, -0.2) is 0 Å². The van der Waals surface area contributed by atoms with Crippen LogP contribution in [0, 0.1) is 0 Å². The first-order valence-electron chi connectivity index (χ1n) is 5.99. The van der Waals surface area contributed by atoms with Crippen molar-refractivity contribution in [3.63, 3.8) is 0 Å². The highest BCUT2D eigenvalue weighted by Gasteiger charge is 2.21. The number of hydrogen-bond donors (Lipinski definition) is 2. The third kappa shape index (κ3) is 2.47. The summed E-state index contributed by atoms with van der Waals surface area (Å²) in [5.41, 5.74) is 1.48. The van der Waals surface area contributed by atoms with E-state index in [0.29, 0.717) is 31.0 Å². The van der Waals surface area contributed by atoms with Gasteiger partial charge in [0.2, 0.25) is 5.91 Å². The maximum atomic E-state index is 11.8. The van der Waals surface area contributed by atoms with E-state index in [0.717, 1.165) is 5.56 Å². The SMILES string of the molecule is CNCC(O)c1ccc2c(c1)N(C)C(=O)CCO2. The number of anilines is 1. The Kier molecular flexibility index (Phi) is 3.84. The van der Waals surface area contributed by atoms with E-state index in [-0.39, 0.29) is 5.91 Å². The Morgan fingerprint density at radius 3 is 3.06 bits per heavy atom. The number of nitrogens with one attached hydrogen (secondary N) is 1. The standard InChI is InChI=1S/C13H18N2O3/c1-14-8-11(16)9-3-4-12-10(7-9)15(2)13(17)5-6-18-12/h3-4,7,11,14,16H,5-6,8H2,1-2H3. The first kappa shape index (κ1) is 12.9. The highest BCUT2D eigenvalue weighted by atomic mass is 16.5. The summed E-state index contributed by atoms with van der Waals surface area (Å²) in [6.45, 7) is 0.867. The van der Waals surface area contributed by atoms with Gasteiger partial charge in [0.1, 0.15) is 5.75 Å². The molecule has 0 saturated heterocycles. The van der Waals surface area contributed by atoms with E-state index in [1.165, 1.54) is 0 Å². The summed E-state index contributed by atoms with van der Waals surface area (Å²) >= 11 is 0. The van der Waals surface area contributed by atoms with Crippen molar-refractivity contribution in [2.45, 2.75) is 12.5 Å². The van der Waals surface area contributed by atoms with Gasteiger partial charge in [-0.2, -0.15) is 0 Å². The maximum absolute atomic E-state index is 11.8. The van der Waals surface area contributed by atoms with Crippen molar-refractivity contribution in [2.24, 2.45) is 0 Å². The zero-order valence-corrected chi connectivity index (χ0v) is 10.6. The van der Waals surface area contributed by atoms with Crippen molar-refractivity contribution in [1.82, 2.24) is 5.32 Å². The lowest BCUT2D eigenvalue weighted by Gasteiger charge is -2.19. The number of fused-ring (bicyclic) bond motifs is 1. The number of rotatable bonds is 3. The second-order valence-corrected chi connectivity index (χ2v) is 4.35. The highest BCUT2D eigenvalue weighted by molar-refractivity contribution is 5.95. The third-order valence-corrected chi connectivity index (χ3v) is 3.07. The Balaban J connectivity index is 2.34. The monoisotopic (exact) mass is 250 g/mol. The lowest BCUT2D eigenvalue weighted by atomic mass is 10.1. The van der Waals surface area contributed by atoms with Crippen LogP contribution < -0.4 is 15.0 Å².